The summed E-state index contributed by atoms with van der Waals surface area (Å²) in [5.41, 5.74) is 0.286. The molecule has 0 aliphatic rings. The van der Waals surface area contributed by atoms with Gasteiger partial charge in [0, 0.05) is 0 Å². The maximum absolute atomic E-state index is 12.6. The average molecular weight is 241 g/mol. The third-order valence-electron chi connectivity index (χ3n) is 2.11. The summed E-state index contributed by atoms with van der Waals surface area (Å²) in [5.74, 6) is -0.237. The lowest BCUT2D eigenvalue weighted by Crippen LogP contribution is -2.10. The van der Waals surface area contributed by atoms with Crippen molar-refractivity contribution >= 4 is 9.84 Å². The van der Waals surface area contributed by atoms with Crippen LogP contribution in [-0.4, -0.2) is 20.3 Å². The minimum Gasteiger partial charge on any atom is -0.248 e. The van der Waals surface area contributed by atoms with Crippen molar-refractivity contribution in [3.8, 4) is 6.07 Å². The second kappa shape index (κ2) is 5.08. The minimum atomic E-state index is -3.48. The number of sulfone groups is 1. The summed E-state index contributed by atoms with van der Waals surface area (Å²) in [5, 5.41) is 8.64. The van der Waals surface area contributed by atoms with Gasteiger partial charge in [-0.1, -0.05) is 6.07 Å². The largest absolute Gasteiger partial charge is 0.248 e. The van der Waals surface area contributed by atoms with E-state index in [1.165, 1.54) is 31.2 Å². The van der Waals surface area contributed by atoms with Crippen molar-refractivity contribution in [1.82, 2.24) is 0 Å². The smallest absolute Gasteiger partial charge is 0.178 e. The van der Waals surface area contributed by atoms with Gasteiger partial charge in [-0.15, -0.1) is 0 Å². The molecule has 16 heavy (non-hydrogen) atoms. The summed E-state index contributed by atoms with van der Waals surface area (Å²) in [4.78, 5) is 0.0761. The molecule has 1 unspecified atom stereocenters. The van der Waals surface area contributed by atoms with E-state index >= 15 is 0 Å². The van der Waals surface area contributed by atoms with E-state index in [2.05, 4.69) is 0 Å². The van der Waals surface area contributed by atoms with Crippen molar-refractivity contribution in [3.05, 3.63) is 29.8 Å². The summed E-state index contributed by atoms with van der Waals surface area (Å²) < 4.78 is 36.0. The van der Waals surface area contributed by atoms with Gasteiger partial charge in [0.25, 0.3) is 0 Å². The van der Waals surface area contributed by atoms with Gasteiger partial charge in [-0.25, -0.2) is 12.8 Å². The summed E-state index contributed by atoms with van der Waals surface area (Å²) in [6, 6.07) is 7.61. The first kappa shape index (κ1) is 12.7. The number of halogens is 1. The van der Waals surface area contributed by atoms with Crippen molar-refractivity contribution in [2.45, 2.75) is 24.4 Å². The quantitative estimate of drug-likeness (QED) is 0.810. The molecule has 0 heterocycles. The van der Waals surface area contributed by atoms with Gasteiger partial charge in [-0.2, -0.15) is 5.26 Å². The van der Waals surface area contributed by atoms with Crippen molar-refractivity contribution in [3.63, 3.8) is 0 Å². The maximum Gasteiger partial charge on any atom is 0.178 e. The molecule has 0 amide bonds. The van der Waals surface area contributed by atoms with E-state index in [1.807, 2.05) is 6.07 Å². The van der Waals surface area contributed by atoms with Crippen molar-refractivity contribution in [1.29, 1.82) is 5.26 Å². The molecule has 0 bridgehead atoms. The van der Waals surface area contributed by atoms with Crippen LogP contribution in [0.3, 0.4) is 0 Å². The van der Waals surface area contributed by atoms with Crippen molar-refractivity contribution in [2.24, 2.45) is 0 Å². The van der Waals surface area contributed by atoms with Crippen LogP contribution in [0.1, 0.15) is 18.9 Å². The van der Waals surface area contributed by atoms with E-state index in [4.69, 9.17) is 5.26 Å². The standard InChI is InChI=1S/C11H12FNO2S/c1-9(12)5-6-16(14,15)11-4-2-3-10(7-11)8-13/h2-4,7,9H,5-6H2,1H3. The average Bonchev–Trinajstić information content (AvgIpc) is 2.27. The zero-order valence-corrected chi connectivity index (χ0v) is 9.67. The molecule has 0 N–H and O–H groups in total. The first-order valence-electron chi connectivity index (χ1n) is 4.82. The molecule has 0 fully saturated rings. The fourth-order valence-electron chi connectivity index (χ4n) is 1.19. The third kappa shape index (κ3) is 3.31. The summed E-state index contributed by atoms with van der Waals surface area (Å²) in [6.45, 7) is 1.32. The number of nitrogens with zero attached hydrogens (tertiary/aromatic N) is 1. The predicted octanol–water partition coefficient (Wildman–Crippen LogP) is 2.08. The van der Waals surface area contributed by atoms with E-state index in [0.29, 0.717) is 0 Å². The molecular weight excluding hydrogens is 229 g/mol. The lowest BCUT2D eigenvalue weighted by Gasteiger charge is -2.05. The Kier molecular flexibility index (Phi) is 4.02. The van der Waals surface area contributed by atoms with Crippen LogP contribution in [0.5, 0.6) is 0 Å². The Hall–Kier alpha value is -1.41. The van der Waals surface area contributed by atoms with Crippen molar-refractivity contribution < 1.29 is 12.8 Å². The molecular formula is C11H12FNO2S. The van der Waals surface area contributed by atoms with Crippen LogP contribution in [0.4, 0.5) is 4.39 Å². The van der Waals surface area contributed by atoms with E-state index in [9.17, 15) is 12.8 Å². The monoisotopic (exact) mass is 241 g/mol. The number of hydrogen-bond acceptors (Lipinski definition) is 3. The van der Waals surface area contributed by atoms with Crippen molar-refractivity contribution in [2.75, 3.05) is 5.75 Å². The SMILES string of the molecule is CC(F)CCS(=O)(=O)c1cccc(C#N)c1. The summed E-state index contributed by atoms with van der Waals surface area (Å²) in [7, 11) is -3.48. The molecule has 1 aromatic rings. The number of rotatable bonds is 4. The van der Waals surface area contributed by atoms with Crippen LogP contribution in [0.25, 0.3) is 0 Å². The first-order valence-corrected chi connectivity index (χ1v) is 6.48. The van der Waals surface area contributed by atoms with Gasteiger partial charge in [-0.3, -0.25) is 0 Å². The van der Waals surface area contributed by atoms with Gasteiger partial charge in [0.1, 0.15) is 0 Å². The van der Waals surface area contributed by atoms with E-state index in [0.717, 1.165) is 0 Å². The molecule has 0 radical (unpaired) electrons. The Bertz CT molecular complexity index is 503. The molecule has 0 saturated heterocycles. The molecule has 0 spiro atoms. The van der Waals surface area contributed by atoms with Crippen LogP contribution in [-0.2, 0) is 9.84 Å². The van der Waals surface area contributed by atoms with Crippen LogP contribution < -0.4 is 0 Å². The number of alkyl halides is 1. The zero-order chi connectivity index (χ0) is 12.2. The van der Waals surface area contributed by atoms with Crippen LogP contribution in [0, 0.1) is 11.3 Å². The van der Waals surface area contributed by atoms with Gasteiger partial charge in [-0.05, 0) is 31.5 Å². The van der Waals surface area contributed by atoms with Gasteiger partial charge in [0.15, 0.2) is 9.84 Å². The normalized spacial score (nSPS) is 13.1. The first-order chi connectivity index (χ1) is 7.45. The highest BCUT2D eigenvalue weighted by Crippen LogP contribution is 2.14. The zero-order valence-electron chi connectivity index (χ0n) is 8.85. The third-order valence-corrected chi connectivity index (χ3v) is 3.85. The molecule has 0 aromatic heterocycles. The van der Waals surface area contributed by atoms with Gasteiger partial charge in [0.05, 0.1) is 28.5 Å². The molecule has 0 aliphatic heterocycles. The number of hydrogen-bond donors (Lipinski definition) is 0. The van der Waals surface area contributed by atoms with E-state index < -0.39 is 16.0 Å². The molecule has 3 nitrogen and oxygen atoms in total. The van der Waals surface area contributed by atoms with E-state index in [1.54, 1.807) is 0 Å². The van der Waals surface area contributed by atoms with Gasteiger partial charge < -0.3 is 0 Å². The number of benzene rings is 1. The number of nitriles is 1. The lowest BCUT2D eigenvalue weighted by molar-refractivity contribution is 0.352. The van der Waals surface area contributed by atoms with Crippen LogP contribution in [0.2, 0.25) is 0 Å². The molecule has 0 aliphatic carbocycles. The van der Waals surface area contributed by atoms with Crippen LogP contribution >= 0.6 is 0 Å². The molecule has 5 heteroatoms. The maximum atomic E-state index is 12.6. The highest BCUT2D eigenvalue weighted by molar-refractivity contribution is 7.91. The van der Waals surface area contributed by atoms with Gasteiger partial charge >= 0.3 is 0 Å². The second-order valence-electron chi connectivity index (χ2n) is 3.53. The second-order valence-corrected chi connectivity index (χ2v) is 5.64. The highest BCUT2D eigenvalue weighted by Gasteiger charge is 2.16. The fourth-order valence-corrected chi connectivity index (χ4v) is 2.66. The van der Waals surface area contributed by atoms with E-state index in [-0.39, 0.29) is 22.6 Å². The Balaban J connectivity index is 2.95. The topological polar surface area (TPSA) is 57.9 Å². The molecule has 0 saturated carbocycles. The van der Waals surface area contributed by atoms with Crippen LogP contribution in [0.15, 0.2) is 29.2 Å². The Morgan fingerprint density at radius 3 is 2.75 bits per heavy atom. The summed E-state index contributed by atoms with van der Waals surface area (Å²) in [6.07, 6.45) is -1.17. The molecule has 1 atom stereocenters. The van der Waals surface area contributed by atoms with Gasteiger partial charge in [0.2, 0.25) is 0 Å². The summed E-state index contributed by atoms with van der Waals surface area (Å²) >= 11 is 0. The highest BCUT2D eigenvalue weighted by atomic mass is 32.2. The molecule has 1 aromatic carbocycles. The Morgan fingerprint density at radius 1 is 1.50 bits per heavy atom. The minimum absolute atomic E-state index is 0.0287. The lowest BCUT2D eigenvalue weighted by atomic mass is 10.2. The molecule has 86 valence electrons. The fraction of sp³-hybridized carbons (Fsp3) is 0.364. The molecule has 1 rings (SSSR count). The predicted molar refractivity (Wildman–Crippen MR) is 58.4 cm³/mol. The Labute approximate surface area is 94.4 Å². The Morgan fingerprint density at radius 2 is 2.19 bits per heavy atom.